The lowest BCUT2D eigenvalue weighted by Gasteiger charge is -2.19. The third kappa shape index (κ3) is 3.57. The Kier molecular flexibility index (Phi) is 4.75. The van der Waals surface area contributed by atoms with Crippen molar-refractivity contribution in [3.05, 3.63) is 59.7 Å². The molecule has 3 N–H and O–H groups in total. The van der Waals surface area contributed by atoms with Crippen molar-refractivity contribution in [1.82, 2.24) is 30.1 Å². The smallest absolute Gasteiger partial charge is 0.255 e. The molecule has 5 heterocycles. The highest BCUT2D eigenvalue weighted by atomic mass is 32.1. The number of hydrogen-bond donors (Lipinski definition) is 2. The summed E-state index contributed by atoms with van der Waals surface area (Å²) in [6, 6.07) is 9.80. The van der Waals surface area contributed by atoms with Crippen molar-refractivity contribution in [3.8, 4) is 22.8 Å². The van der Waals surface area contributed by atoms with Crippen LogP contribution in [0.15, 0.2) is 52.7 Å². The van der Waals surface area contributed by atoms with Gasteiger partial charge in [0.25, 0.3) is 5.89 Å². The van der Waals surface area contributed by atoms with Gasteiger partial charge in [0.05, 0.1) is 17.4 Å². The molecular weight excluding hydrogens is 412 g/mol. The molecule has 5 aromatic heterocycles. The zero-order chi connectivity index (χ0) is 21.4. The van der Waals surface area contributed by atoms with E-state index in [1.807, 2.05) is 30.5 Å². The Labute approximate surface area is 181 Å². The average Bonchev–Trinajstić information content (AvgIpc) is 3.42. The first-order valence-electron chi connectivity index (χ1n) is 9.57. The molecule has 0 aromatic carbocycles. The van der Waals surface area contributed by atoms with Gasteiger partial charge in [-0.25, -0.2) is 15.0 Å². The second-order valence-corrected chi connectivity index (χ2v) is 7.83. The van der Waals surface area contributed by atoms with Crippen molar-refractivity contribution in [2.45, 2.75) is 19.9 Å². The van der Waals surface area contributed by atoms with Gasteiger partial charge in [-0.05, 0) is 36.6 Å². The van der Waals surface area contributed by atoms with E-state index in [1.165, 1.54) is 6.33 Å². The summed E-state index contributed by atoms with van der Waals surface area (Å²) < 4.78 is 5.58. The Balaban J connectivity index is 1.59. The summed E-state index contributed by atoms with van der Waals surface area (Å²) in [6.45, 7) is 3.75. The summed E-state index contributed by atoms with van der Waals surface area (Å²) in [6.07, 6.45) is 3.16. The summed E-state index contributed by atoms with van der Waals surface area (Å²) in [7, 11) is 0. The van der Waals surface area contributed by atoms with Gasteiger partial charge in [0.1, 0.15) is 28.4 Å². The maximum absolute atomic E-state index is 6.12. The van der Waals surface area contributed by atoms with E-state index < -0.39 is 0 Å². The maximum Gasteiger partial charge on any atom is 0.255 e. The number of aryl methyl sites for hydroxylation is 1. The molecule has 0 bridgehead atoms. The highest BCUT2D eigenvalue weighted by molar-refractivity contribution is 7.16. The lowest BCUT2D eigenvalue weighted by Crippen LogP contribution is -2.12. The average molecular weight is 430 g/mol. The van der Waals surface area contributed by atoms with Crippen LogP contribution in [0.3, 0.4) is 0 Å². The van der Waals surface area contributed by atoms with Crippen molar-refractivity contribution in [2.75, 3.05) is 11.1 Å². The Morgan fingerprint density at radius 1 is 1.13 bits per heavy atom. The molecule has 5 aromatic rings. The number of nitrogens with zero attached hydrogens (tertiary/aromatic N) is 6. The van der Waals surface area contributed by atoms with E-state index in [4.69, 9.17) is 15.1 Å². The third-order valence-electron chi connectivity index (χ3n) is 4.82. The molecule has 9 nitrogen and oxygen atoms in total. The normalized spacial score (nSPS) is 12.2. The Morgan fingerprint density at radius 2 is 2.03 bits per heavy atom. The number of nitrogen functional groups attached to an aromatic ring is 1. The molecule has 154 valence electrons. The molecule has 5 rings (SSSR count). The molecule has 0 unspecified atom stereocenters. The van der Waals surface area contributed by atoms with Gasteiger partial charge in [0.2, 0.25) is 5.89 Å². The van der Waals surface area contributed by atoms with Gasteiger partial charge in [-0.3, -0.25) is 4.98 Å². The van der Waals surface area contributed by atoms with E-state index in [0.717, 1.165) is 27.2 Å². The van der Waals surface area contributed by atoms with Crippen molar-refractivity contribution in [2.24, 2.45) is 0 Å². The van der Waals surface area contributed by atoms with Gasteiger partial charge in [-0.1, -0.05) is 6.07 Å². The van der Waals surface area contributed by atoms with Crippen LogP contribution in [0.5, 0.6) is 0 Å². The summed E-state index contributed by atoms with van der Waals surface area (Å²) in [5.74, 6) is 1.45. The van der Waals surface area contributed by atoms with E-state index in [0.29, 0.717) is 17.3 Å². The molecule has 0 fully saturated rings. The number of fused-ring (bicyclic) bond motifs is 1. The van der Waals surface area contributed by atoms with E-state index in [-0.39, 0.29) is 17.8 Å². The summed E-state index contributed by atoms with van der Waals surface area (Å²) in [5.41, 5.74) is 9.19. The standard InChI is InChI=1S/C21H18N8OS/c1-11(26-19-16(18(22)24-10-25-19)20-29-28-12(2)30-20)14-9-13-6-8-31-21(13)27-17(14)15-5-3-4-7-23-15/h3-11H,1-2H3,(H3,22,24,25,26)/t11-/m0/s1. The molecule has 0 radical (unpaired) electrons. The number of rotatable bonds is 5. The van der Waals surface area contributed by atoms with Crippen LogP contribution in [0.25, 0.3) is 33.1 Å². The predicted octanol–water partition coefficient (Wildman–Crippen LogP) is 4.26. The fraction of sp³-hybridized carbons (Fsp3) is 0.143. The van der Waals surface area contributed by atoms with E-state index in [2.05, 4.69) is 42.6 Å². The molecule has 0 aliphatic rings. The molecule has 0 spiro atoms. The van der Waals surface area contributed by atoms with Crippen LogP contribution in [0, 0.1) is 6.92 Å². The van der Waals surface area contributed by atoms with Crippen molar-refractivity contribution >= 4 is 33.2 Å². The SMILES string of the molecule is Cc1nnc(-c2c(N)ncnc2N[C@@H](C)c2cc3ccsc3nc2-c2ccccn2)o1. The second-order valence-electron chi connectivity index (χ2n) is 6.93. The maximum atomic E-state index is 6.12. The molecule has 0 amide bonds. The molecule has 0 aliphatic heterocycles. The number of aromatic nitrogens is 6. The molecule has 31 heavy (non-hydrogen) atoms. The fourth-order valence-corrected chi connectivity index (χ4v) is 4.10. The van der Waals surface area contributed by atoms with E-state index in [1.54, 1.807) is 24.5 Å². The van der Waals surface area contributed by atoms with Crippen LogP contribution >= 0.6 is 11.3 Å². The predicted molar refractivity (Wildman–Crippen MR) is 119 cm³/mol. The summed E-state index contributed by atoms with van der Waals surface area (Å²) in [4.78, 5) is 18.8. The molecule has 1 atom stereocenters. The molecule has 10 heteroatoms. The van der Waals surface area contributed by atoms with Crippen LogP contribution in [-0.4, -0.2) is 30.1 Å². The van der Waals surface area contributed by atoms with Crippen LogP contribution < -0.4 is 11.1 Å². The molecule has 0 saturated carbocycles. The number of anilines is 2. The Bertz CT molecular complexity index is 1360. The topological polar surface area (TPSA) is 129 Å². The van der Waals surface area contributed by atoms with E-state index >= 15 is 0 Å². The minimum Gasteiger partial charge on any atom is -0.421 e. The summed E-state index contributed by atoms with van der Waals surface area (Å²) >= 11 is 1.60. The van der Waals surface area contributed by atoms with Crippen LogP contribution in [-0.2, 0) is 0 Å². The Hall–Kier alpha value is -3.92. The van der Waals surface area contributed by atoms with Gasteiger partial charge < -0.3 is 15.5 Å². The highest BCUT2D eigenvalue weighted by Crippen LogP contribution is 2.35. The number of pyridine rings is 2. The monoisotopic (exact) mass is 430 g/mol. The van der Waals surface area contributed by atoms with Crippen molar-refractivity contribution in [3.63, 3.8) is 0 Å². The van der Waals surface area contributed by atoms with Gasteiger partial charge in [-0.15, -0.1) is 21.5 Å². The lowest BCUT2D eigenvalue weighted by atomic mass is 10.0. The zero-order valence-corrected chi connectivity index (χ0v) is 17.6. The first-order valence-corrected chi connectivity index (χ1v) is 10.4. The lowest BCUT2D eigenvalue weighted by molar-refractivity contribution is 0.532. The number of thiophene rings is 1. The zero-order valence-electron chi connectivity index (χ0n) is 16.8. The van der Waals surface area contributed by atoms with Crippen LogP contribution in [0.2, 0.25) is 0 Å². The number of hydrogen-bond acceptors (Lipinski definition) is 10. The summed E-state index contributed by atoms with van der Waals surface area (Å²) in [5, 5.41) is 14.5. The van der Waals surface area contributed by atoms with Gasteiger partial charge in [0, 0.05) is 24.1 Å². The van der Waals surface area contributed by atoms with Crippen LogP contribution in [0.1, 0.15) is 24.4 Å². The van der Waals surface area contributed by atoms with E-state index in [9.17, 15) is 0 Å². The van der Waals surface area contributed by atoms with Crippen LogP contribution in [0.4, 0.5) is 11.6 Å². The minimum absolute atomic E-state index is 0.175. The minimum atomic E-state index is -0.175. The van der Waals surface area contributed by atoms with Crippen molar-refractivity contribution in [1.29, 1.82) is 0 Å². The number of nitrogens with one attached hydrogen (secondary N) is 1. The Morgan fingerprint density at radius 3 is 2.81 bits per heavy atom. The first-order chi connectivity index (χ1) is 15.1. The first kappa shape index (κ1) is 19.1. The molecule has 0 aliphatic carbocycles. The largest absolute Gasteiger partial charge is 0.421 e. The number of nitrogens with two attached hydrogens (primary N) is 1. The molecule has 0 saturated heterocycles. The quantitative estimate of drug-likeness (QED) is 0.420. The van der Waals surface area contributed by atoms with Gasteiger partial charge >= 0.3 is 0 Å². The van der Waals surface area contributed by atoms with Crippen molar-refractivity contribution < 1.29 is 4.42 Å². The second kappa shape index (κ2) is 7.73. The third-order valence-corrected chi connectivity index (χ3v) is 5.64. The molecular formula is C21H18N8OS. The van der Waals surface area contributed by atoms with Gasteiger partial charge in [0.15, 0.2) is 0 Å². The fourth-order valence-electron chi connectivity index (χ4n) is 3.35. The highest BCUT2D eigenvalue weighted by Gasteiger charge is 2.22. The van der Waals surface area contributed by atoms with Gasteiger partial charge in [-0.2, -0.15) is 0 Å².